The molecule has 4 nitrogen and oxygen atoms in total. The van der Waals surface area contributed by atoms with Gasteiger partial charge in [0.2, 0.25) is 0 Å². The molecule has 0 aromatic heterocycles. The Morgan fingerprint density at radius 3 is 2.71 bits per heavy atom. The van der Waals surface area contributed by atoms with Crippen molar-refractivity contribution in [3.63, 3.8) is 0 Å². The van der Waals surface area contributed by atoms with Crippen LogP contribution in [0.25, 0.3) is 0 Å². The number of carbonyl (C=O) groups is 1. The number of hydrogen-bond acceptors (Lipinski definition) is 3. The maximum atomic E-state index is 12.3. The molecule has 0 saturated carbocycles. The van der Waals surface area contributed by atoms with Crippen molar-refractivity contribution in [1.29, 1.82) is 0 Å². The molecule has 2 saturated heterocycles. The number of amides is 1. The molecule has 3 rings (SSSR count). The van der Waals surface area contributed by atoms with Crippen LogP contribution in [-0.4, -0.2) is 42.6 Å². The third-order valence-corrected chi connectivity index (χ3v) is 4.74. The normalized spacial score (nSPS) is 27.4. The van der Waals surface area contributed by atoms with Gasteiger partial charge in [-0.05, 0) is 50.3 Å². The molecule has 0 radical (unpaired) electrons. The second-order valence-electron chi connectivity index (χ2n) is 6.37. The summed E-state index contributed by atoms with van der Waals surface area (Å²) in [5.74, 6) is 0.838. The second kappa shape index (κ2) is 6.06. The van der Waals surface area contributed by atoms with Crippen molar-refractivity contribution in [3.8, 4) is 5.75 Å². The maximum Gasteiger partial charge on any atom is 0.260 e. The minimum Gasteiger partial charge on any atom is -0.484 e. The van der Waals surface area contributed by atoms with Crippen LogP contribution in [-0.2, 0) is 4.79 Å². The fourth-order valence-corrected chi connectivity index (χ4v) is 3.50. The molecule has 0 spiro atoms. The van der Waals surface area contributed by atoms with Crippen LogP contribution in [0.4, 0.5) is 0 Å². The van der Waals surface area contributed by atoms with Crippen molar-refractivity contribution in [1.82, 2.24) is 10.2 Å². The SMILES string of the molecule is Cc1cccc(OCC(=O)N(C)C2CC3CCC(C2)N3)c1. The molecule has 1 aromatic rings. The van der Waals surface area contributed by atoms with Crippen LogP contribution in [0.3, 0.4) is 0 Å². The van der Waals surface area contributed by atoms with Crippen LogP contribution in [0.1, 0.15) is 31.2 Å². The van der Waals surface area contributed by atoms with Crippen molar-refractivity contribution in [3.05, 3.63) is 29.8 Å². The summed E-state index contributed by atoms with van der Waals surface area (Å²) in [6.07, 6.45) is 4.65. The average molecular weight is 288 g/mol. The standard InChI is InChI=1S/C17H24N2O2/c1-12-4-3-5-16(8-12)21-11-17(20)19(2)15-9-13-6-7-14(10-15)18-13/h3-5,8,13-15,18H,6-7,9-11H2,1-2H3. The summed E-state index contributed by atoms with van der Waals surface area (Å²) in [6.45, 7) is 2.14. The van der Waals surface area contributed by atoms with Crippen LogP contribution < -0.4 is 10.1 Å². The van der Waals surface area contributed by atoms with Crippen molar-refractivity contribution in [2.24, 2.45) is 0 Å². The number of piperidine rings is 1. The van der Waals surface area contributed by atoms with Crippen LogP contribution in [0.5, 0.6) is 5.75 Å². The van der Waals surface area contributed by atoms with Gasteiger partial charge in [0.15, 0.2) is 6.61 Å². The largest absolute Gasteiger partial charge is 0.484 e. The molecule has 2 bridgehead atoms. The molecule has 0 aliphatic carbocycles. The molecule has 114 valence electrons. The number of hydrogen-bond donors (Lipinski definition) is 1. The van der Waals surface area contributed by atoms with E-state index in [0.29, 0.717) is 18.1 Å². The zero-order chi connectivity index (χ0) is 14.8. The Morgan fingerprint density at radius 1 is 1.33 bits per heavy atom. The van der Waals surface area contributed by atoms with E-state index in [4.69, 9.17) is 4.74 Å². The summed E-state index contributed by atoms with van der Waals surface area (Å²) in [7, 11) is 1.91. The van der Waals surface area contributed by atoms with Crippen molar-refractivity contribution in [2.75, 3.05) is 13.7 Å². The monoisotopic (exact) mass is 288 g/mol. The van der Waals surface area contributed by atoms with Gasteiger partial charge in [-0.25, -0.2) is 0 Å². The van der Waals surface area contributed by atoms with Gasteiger partial charge in [0.05, 0.1) is 0 Å². The third kappa shape index (κ3) is 3.38. The Labute approximate surface area is 126 Å². The molecule has 2 heterocycles. The first kappa shape index (κ1) is 14.4. The summed E-state index contributed by atoms with van der Waals surface area (Å²) in [5, 5.41) is 3.61. The highest BCUT2D eigenvalue weighted by Crippen LogP contribution is 2.29. The number of benzene rings is 1. The van der Waals surface area contributed by atoms with Gasteiger partial charge in [0.1, 0.15) is 5.75 Å². The molecule has 2 unspecified atom stereocenters. The molecular weight excluding hydrogens is 264 g/mol. The molecule has 2 aliphatic heterocycles. The highest BCUT2D eigenvalue weighted by atomic mass is 16.5. The van der Waals surface area contributed by atoms with E-state index in [2.05, 4.69) is 5.32 Å². The third-order valence-electron chi connectivity index (χ3n) is 4.74. The van der Waals surface area contributed by atoms with Gasteiger partial charge in [0.25, 0.3) is 5.91 Å². The summed E-state index contributed by atoms with van der Waals surface area (Å²) in [5.41, 5.74) is 1.14. The van der Waals surface area contributed by atoms with Gasteiger partial charge < -0.3 is 15.0 Å². The molecule has 21 heavy (non-hydrogen) atoms. The Bertz CT molecular complexity index is 505. The Hall–Kier alpha value is -1.55. The Balaban J connectivity index is 1.53. The lowest BCUT2D eigenvalue weighted by Crippen LogP contribution is -2.49. The van der Waals surface area contributed by atoms with E-state index in [0.717, 1.165) is 24.2 Å². The summed E-state index contributed by atoms with van der Waals surface area (Å²) in [4.78, 5) is 14.2. The number of rotatable bonds is 4. The van der Waals surface area contributed by atoms with Crippen LogP contribution in [0.2, 0.25) is 0 Å². The maximum absolute atomic E-state index is 12.3. The molecular formula is C17H24N2O2. The zero-order valence-corrected chi connectivity index (χ0v) is 12.8. The van der Waals surface area contributed by atoms with Crippen molar-refractivity contribution < 1.29 is 9.53 Å². The predicted molar refractivity (Wildman–Crippen MR) is 82.4 cm³/mol. The van der Waals surface area contributed by atoms with Crippen LogP contribution in [0, 0.1) is 6.92 Å². The van der Waals surface area contributed by atoms with E-state index in [-0.39, 0.29) is 12.5 Å². The van der Waals surface area contributed by atoms with E-state index < -0.39 is 0 Å². The second-order valence-corrected chi connectivity index (χ2v) is 6.37. The molecule has 4 heteroatoms. The molecule has 1 amide bonds. The molecule has 2 atom stereocenters. The molecule has 2 fully saturated rings. The van der Waals surface area contributed by atoms with Gasteiger partial charge in [-0.1, -0.05) is 12.1 Å². The minimum absolute atomic E-state index is 0.0720. The quantitative estimate of drug-likeness (QED) is 0.922. The van der Waals surface area contributed by atoms with Gasteiger partial charge in [0, 0.05) is 25.2 Å². The van der Waals surface area contributed by atoms with Crippen molar-refractivity contribution in [2.45, 2.75) is 50.7 Å². The minimum atomic E-state index is 0.0720. The number of nitrogens with zero attached hydrogens (tertiary/aromatic N) is 1. The van der Waals surface area contributed by atoms with E-state index in [9.17, 15) is 4.79 Å². The highest BCUT2D eigenvalue weighted by molar-refractivity contribution is 5.77. The van der Waals surface area contributed by atoms with Crippen molar-refractivity contribution >= 4 is 5.91 Å². The molecule has 1 aromatic carbocycles. The molecule has 2 aliphatic rings. The number of ether oxygens (including phenoxy) is 1. The van der Waals surface area contributed by atoms with E-state index in [1.54, 1.807) is 0 Å². The Morgan fingerprint density at radius 2 is 2.05 bits per heavy atom. The van der Waals surface area contributed by atoms with Gasteiger partial charge in [-0.3, -0.25) is 4.79 Å². The number of nitrogens with one attached hydrogen (secondary N) is 1. The van der Waals surface area contributed by atoms with Gasteiger partial charge >= 0.3 is 0 Å². The summed E-state index contributed by atoms with van der Waals surface area (Å²) in [6, 6.07) is 9.37. The zero-order valence-electron chi connectivity index (χ0n) is 12.8. The Kier molecular flexibility index (Phi) is 4.15. The fraction of sp³-hybridized carbons (Fsp3) is 0.588. The van der Waals surface area contributed by atoms with Gasteiger partial charge in [-0.2, -0.15) is 0 Å². The topological polar surface area (TPSA) is 41.6 Å². The predicted octanol–water partition coefficient (Wildman–Crippen LogP) is 2.12. The smallest absolute Gasteiger partial charge is 0.260 e. The number of aryl methyl sites for hydroxylation is 1. The summed E-state index contributed by atoms with van der Waals surface area (Å²) < 4.78 is 5.62. The summed E-state index contributed by atoms with van der Waals surface area (Å²) >= 11 is 0. The number of likely N-dealkylation sites (N-methyl/N-ethyl adjacent to an activating group) is 1. The van der Waals surface area contributed by atoms with Crippen LogP contribution in [0.15, 0.2) is 24.3 Å². The number of carbonyl (C=O) groups excluding carboxylic acids is 1. The lowest BCUT2D eigenvalue weighted by molar-refractivity contribution is -0.134. The first-order chi connectivity index (χ1) is 10.1. The van der Waals surface area contributed by atoms with Crippen LogP contribution >= 0.6 is 0 Å². The lowest BCUT2D eigenvalue weighted by Gasteiger charge is -2.35. The fourth-order valence-electron chi connectivity index (χ4n) is 3.50. The highest BCUT2D eigenvalue weighted by Gasteiger charge is 2.36. The van der Waals surface area contributed by atoms with E-state index in [1.165, 1.54) is 12.8 Å². The average Bonchev–Trinajstić information content (AvgIpc) is 2.82. The number of fused-ring (bicyclic) bond motifs is 2. The first-order valence-corrected chi connectivity index (χ1v) is 7.83. The first-order valence-electron chi connectivity index (χ1n) is 7.83. The van der Waals surface area contributed by atoms with E-state index >= 15 is 0 Å². The molecule has 1 N–H and O–H groups in total. The van der Waals surface area contributed by atoms with Gasteiger partial charge in [-0.15, -0.1) is 0 Å². The van der Waals surface area contributed by atoms with E-state index in [1.807, 2.05) is 43.1 Å². The lowest BCUT2D eigenvalue weighted by atomic mass is 9.98.